The summed E-state index contributed by atoms with van der Waals surface area (Å²) in [6.07, 6.45) is 9.26. The molecule has 2 aliphatic rings. The molecule has 0 bridgehead atoms. The Hall–Kier alpha value is -2.20. The van der Waals surface area contributed by atoms with Crippen LogP contribution in [0.2, 0.25) is 0 Å². The molecule has 2 fully saturated rings. The number of aromatic nitrogens is 1. The molecule has 3 heterocycles. The molecule has 2 aliphatic heterocycles. The van der Waals surface area contributed by atoms with Gasteiger partial charge in [-0.25, -0.2) is 0 Å². The van der Waals surface area contributed by atoms with Crippen molar-refractivity contribution in [3.05, 3.63) is 66.0 Å². The Balaban J connectivity index is 1.26. The van der Waals surface area contributed by atoms with Crippen molar-refractivity contribution in [2.24, 2.45) is 11.8 Å². The third-order valence-electron chi connectivity index (χ3n) is 6.30. The first-order valence-corrected chi connectivity index (χ1v) is 10.7. The smallest absolute Gasteiger partial charge is 0.226 e. The molecular formula is C24H31N3O. The van der Waals surface area contributed by atoms with Crippen molar-refractivity contribution >= 4 is 5.91 Å². The van der Waals surface area contributed by atoms with Crippen LogP contribution in [0.3, 0.4) is 0 Å². The number of carbonyl (C=O) groups is 1. The number of hydrogen-bond acceptors (Lipinski definition) is 3. The van der Waals surface area contributed by atoms with Gasteiger partial charge in [0.15, 0.2) is 0 Å². The van der Waals surface area contributed by atoms with Gasteiger partial charge < -0.3 is 4.90 Å². The number of piperidine rings is 2. The van der Waals surface area contributed by atoms with E-state index in [1.54, 1.807) is 0 Å². The fraction of sp³-hybridized carbons (Fsp3) is 0.500. The van der Waals surface area contributed by atoms with Crippen molar-refractivity contribution in [1.82, 2.24) is 14.8 Å². The highest BCUT2D eigenvalue weighted by molar-refractivity contribution is 5.79. The number of rotatable bonds is 5. The zero-order valence-electron chi connectivity index (χ0n) is 16.7. The van der Waals surface area contributed by atoms with Gasteiger partial charge >= 0.3 is 0 Å². The lowest BCUT2D eigenvalue weighted by Gasteiger charge is -2.38. The fourth-order valence-corrected chi connectivity index (χ4v) is 4.71. The first kappa shape index (κ1) is 19.1. The van der Waals surface area contributed by atoms with Gasteiger partial charge in [0.25, 0.3) is 0 Å². The molecule has 1 atom stereocenters. The summed E-state index contributed by atoms with van der Waals surface area (Å²) in [7, 11) is 0. The molecule has 1 aromatic heterocycles. The van der Waals surface area contributed by atoms with Crippen LogP contribution in [0.15, 0.2) is 54.9 Å². The molecule has 148 valence electrons. The van der Waals surface area contributed by atoms with Gasteiger partial charge in [0.1, 0.15) is 0 Å². The molecule has 0 unspecified atom stereocenters. The highest BCUT2D eigenvalue weighted by Crippen LogP contribution is 2.26. The molecule has 1 aromatic carbocycles. The summed E-state index contributed by atoms with van der Waals surface area (Å²) in [5, 5.41) is 0. The molecule has 2 saturated heterocycles. The lowest BCUT2D eigenvalue weighted by molar-refractivity contribution is -0.138. The Kier molecular flexibility index (Phi) is 6.38. The van der Waals surface area contributed by atoms with Crippen LogP contribution in [0.25, 0.3) is 0 Å². The van der Waals surface area contributed by atoms with Crippen molar-refractivity contribution in [1.29, 1.82) is 0 Å². The summed E-state index contributed by atoms with van der Waals surface area (Å²) in [6, 6.07) is 14.9. The summed E-state index contributed by atoms with van der Waals surface area (Å²) in [5.74, 6) is 1.26. The van der Waals surface area contributed by atoms with E-state index in [1.165, 1.54) is 11.1 Å². The van der Waals surface area contributed by atoms with E-state index >= 15 is 0 Å². The predicted molar refractivity (Wildman–Crippen MR) is 112 cm³/mol. The standard InChI is InChI=1S/C24H31N3O/c28-24(23-7-4-14-26(19-23)18-22-8-12-25-13-9-22)27-15-10-21(11-16-27)17-20-5-2-1-3-6-20/h1-3,5-6,8-9,12-13,21,23H,4,7,10-11,14-19H2/t23-/m0/s1. The zero-order chi connectivity index (χ0) is 19.2. The van der Waals surface area contributed by atoms with Gasteiger partial charge in [-0.3, -0.25) is 14.7 Å². The second-order valence-electron chi connectivity index (χ2n) is 8.39. The first-order chi connectivity index (χ1) is 13.8. The van der Waals surface area contributed by atoms with Crippen molar-refractivity contribution in [3.63, 3.8) is 0 Å². The lowest BCUT2D eigenvalue weighted by Crippen LogP contribution is -2.47. The van der Waals surface area contributed by atoms with Gasteiger partial charge in [-0.1, -0.05) is 30.3 Å². The maximum atomic E-state index is 13.1. The summed E-state index contributed by atoms with van der Waals surface area (Å²) in [6.45, 7) is 4.76. The maximum absolute atomic E-state index is 13.1. The zero-order valence-corrected chi connectivity index (χ0v) is 16.7. The Morgan fingerprint density at radius 1 is 0.929 bits per heavy atom. The van der Waals surface area contributed by atoms with Crippen LogP contribution in [0.1, 0.15) is 36.8 Å². The number of amides is 1. The van der Waals surface area contributed by atoms with Gasteiger partial charge in [0.2, 0.25) is 5.91 Å². The van der Waals surface area contributed by atoms with E-state index in [2.05, 4.69) is 57.2 Å². The van der Waals surface area contributed by atoms with Crippen LogP contribution in [-0.2, 0) is 17.8 Å². The van der Waals surface area contributed by atoms with Gasteiger partial charge in [-0.05, 0) is 67.8 Å². The van der Waals surface area contributed by atoms with Crippen LogP contribution in [0, 0.1) is 11.8 Å². The average Bonchev–Trinajstić information content (AvgIpc) is 2.75. The molecule has 4 heteroatoms. The largest absolute Gasteiger partial charge is 0.342 e. The SMILES string of the molecule is O=C([C@H]1CCCN(Cc2ccncc2)C1)N1CCC(Cc2ccccc2)CC1. The molecule has 0 aliphatic carbocycles. The molecule has 2 aromatic rings. The maximum Gasteiger partial charge on any atom is 0.226 e. The minimum atomic E-state index is 0.168. The van der Waals surface area contributed by atoms with Crippen molar-refractivity contribution in [3.8, 4) is 0 Å². The number of likely N-dealkylation sites (tertiary alicyclic amines) is 2. The van der Waals surface area contributed by atoms with Gasteiger partial charge in [-0.2, -0.15) is 0 Å². The molecule has 28 heavy (non-hydrogen) atoms. The van der Waals surface area contributed by atoms with Crippen molar-refractivity contribution in [2.45, 2.75) is 38.6 Å². The Morgan fingerprint density at radius 3 is 2.43 bits per heavy atom. The normalized spacial score (nSPS) is 21.6. The molecule has 4 nitrogen and oxygen atoms in total. The van der Waals surface area contributed by atoms with E-state index in [0.717, 1.165) is 64.8 Å². The quantitative estimate of drug-likeness (QED) is 0.796. The number of hydrogen-bond donors (Lipinski definition) is 0. The van der Waals surface area contributed by atoms with Crippen LogP contribution in [0.4, 0.5) is 0 Å². The highest BCUT2D eigenvalue weighted by Gasteiger charge is 2.31. The van der Waals surface area contributed by atoms with E-state index < -0.39 is 0 Å². The molecular weight excluding hydrogens is 346 g/mol. The fourth-order valence-electron chi connectivity index (χ4n) is 4.71. The van der Waals surface area contributed by atoms with Gasteiger partial charge in [0.05, 0.1) is 5.92 Å². The summed E-state index contributed by atoms with van der Waals surface area (Å²) < 4.78 is 0. The van der Waals surface area contributed by atoms with Crippen LogP contribution < -0.4 is 0 Å². The molecule has 0 radical (unpaired) electrons. The molecule has 0 N–H and O–H groups in total. The van der Waals surface area contributed by atoms with E-state index in [-0.39, 0.29) is 5.92 Å². The van der Waals surface area contributed by atoms with Crippen LogP contribution in [0.5, 0.6) is 0 Å². The van der Waals surface area contributed by atoms with E-state index in [4.69, 9.17) is 0 Å². The predicted octanol–water partition coefficient (Wildman–Crippen LogP) is 3.77. The number of nitrogens with zero attached hydrogens (tertiary/aromatic N) is 3. The average molecular weight is 378 g/mol. The monoisotopic (exact) mass is 377 g/mol. The third kappa shape index (κ3) is 4.99. The third-order valence-corrected chi connectivity index (χ3v) is 6.30. The highest BCUT2D eigenvalue weighted by atomic mass is 16.2. The second-order valence-corrected chi connectivity index (χ2v) is 8.39. The van der Waals surface area contributed by atoms with Gasteiger partial charge in [-0.15, -0.1) is 0 Å². The van der Waals surface area contributed by atoms with Crippen molar-refractivity contribution < 1.29 is 4.79 Å². The van der Waals surface area contributed by atoms with E-state index in [9.17, 15) is 4.79 Å². The molecule has 0 saturated carbocycles. The number of benzene rings is 1. The molecule has 4 rings (SSSR count). The molecule has 0 spiro atoms. The first-order valence-electron chi connectivity index (χ1n) is 10.7. The summed E-state index contributed by atoms with van der Waals surface area (Å²) in [4.78, 5) is 21.8. The Bertz CT molecular complexity index is 741. The van der Waals surface area contributed by atoms with Crippen LogP contribution >= 0.6 is 0 Å². The molecule has 1 amide bonds. The minimum Gasteiger partial charge on any atom is -0.342 e. The second kappa shape index (κ2) is 9.33. The lowest BCUT2D eigenvalue weighted by atomic mass is 9.89. The van der Waals surface area contributed by atoms with Gasteiger partial charge in [0, 0.05) is 38.6 Å². The van der Waals surface area contributed by atoms with E-state index in [1.807, 2.05) is 12.4 Å². The number of carbonyl (C=O) groups excluding carboxylic acids is 1. The van der Waals surface area contributed by atoms with Crippen LogP contribution in [-0.4, -0.2) is 46.9 Å². The minimum absolute atomic E-state index is 0.168. The summed E-state index contributed by atoms with van der Waals surface area (Å²) >= 11 is 0. The summed E-state index contributed by atoms with van der Waals surface area (Å²) in [5.41, 5.74) is 2.70. The Morgan fingerprint density at radius 2 is 1.68 bits per heavy atom. The topological polar surface area (TPSA) is 36.4 Å². The Labute approximate surface area is 168 Å². The van der Waals surface area contributed by atoms with Crippen molar-refractivity contribution in [2.75, 3.05) is 26.2 Å². The number of pyridine rings is 1. The van der Waals surface area contributed by atoms with E-state index in [0.29, 0.717) is 11.8 Å².